The van der Waals surface area contributed by atoms with E-state index in [4.69, 9.17) is 5.73 Å². The summed E-state index contributed by atoms with van der Waals surface area (Å²) in [6.07, 6.45) is 1.60. The van der Waals surface area contributed by atoms with Gasteiger partial charge in [-0.1, -0.05) is 44.2 Å². The fourth-order valence-electron chi connectivity index (χ4n) is 4.72. The van der Waals surface area contributed by atoms with E-state index in [-0.39, 0.29) is 29.1 Å². The lowest BCUT2D eigenvalue weighted by atomic mass is 10.0. The zero-order chi connectivity index (χ0) is 28.9. The summed E-state index contributed by atoms with van der Waals surface area (Å²) in [5, 5.41) is 5.23. The molecule has 0 saturated carbocycles. The zero-order valence-corrected chi connectivity index (χ0v) is 24.1. The third-order valence-corrected chi connectivity index (χ3v) is 9.74. The molecule has 12 heteroatoms. The minimum atomic E-state index is -3.79. The van der Waals surface area contributed by atoms with Crippen LogP contribution in [0.25, 0.3) is 0 Å². The van der Waals surface area contributed by atoms with Crippen molar-refractivity contribution in [3.63, 3.8) is 0 Å². The largest absolute Gasteiger partial charge is 0.351 e. The number of anilines is 1. The molecule has 10 nitrogen and oxygen atoms in total. The Balaban J connectivity index is 1.55. The lowest BCUT2D eigenvalue weighted by Gasteiger charge is -2.26. The van der Waals surface area contributed by atoms with Crippen molar-refractivity contribution in [1.29, 1.82) is 0 Å². The van der Waals surface area contributed by atoms with Crippen LogP contribution in [0, 0.1) is 0 Å². The normalized spacial score (nSPS) is 13.6. The Labute approximate surface area is 238 Å². The van der Waals surface area contributed by atoms with E-state index in [0.717, 1.165) is 35.5 Å². The lowest BCUT2D eigenvalue weighted by Crippen LogP contribution is -2.36. The predicted molar refractivity (Wildman–Crippen MR) is 155 cm³/mol. The first-order valence-corrected chi connectivity index (χ1v) is 15.3. The van der Waals surface area contributed by atoms with E-state index < -0.39 is 27.9 Å². The Morgan fingerprint density at radius 2 is 1.73 bits per heavy atom. The highest BCUT2D eigenvalue weighted by molar-refractivity contribution is 7.89. The molecule has 2 aromatic carbocycles. The van der Waals surface area contributed by atoms with Crippen molar-refractivity contribution in [2.45, 2.75) is 44.7 Å². The minimum absolute atomic E-state index is 0.0750. The van der Waals surface area contributed by atoms with Crippen molar-refractivity contribution in [3.8, 4) is 0 Å². The Morgan fingerprint density at radius 3 is 2.35 bits per heavy atom. The quantitative estimate of drug-likeness (QED) is 0.332. The molecular weight excluding hydrogens is 550 g/mol. The Morgan fingerprint density at radius 1 is 1.02 bits per heavy atom. The fourth-order valence-corrected chi connectivity index (χ4v) is 7.44. The highest BCUT2D eigenvalue weighted by Crippen LogP contribution is 2.37. The van der Waals surface area contributed by atoms with Crippen molar-refractivity contribution in [2.24, 2.45) is 5.73 Å². The van der Waals surface area contributed by atoms with Gasteiger partial charge < -0.3 is 11.1 Å². The standard InChI is InChI=1S/C28H33N5O5S2/c1-3-15-32-16-14-22-23(18-32)39-27(24(22)26(35)31-28(29)36)30-25(34)20-10-12-21(13-11-20)40(37,38)33(4-2)17-19-8-6-5-7-9-19/h5-13H,3-4,14-18H2,1-2H3,(H,30,34)(H3,29,31,35,36). The van der Waals surface area contributed by atoms with Gasteiger partial charge in [-0.15, -0.1) is 11.3 Å². The topological polar surface area (TPSA) is 142 Å². The van der Waals surface area contributed by atoms with Crippen LogP contribution in [-0.4, -0.2) is 55.1 Å². The molecule has 2 heterocycles. The Bertz CT molecular complexity index is 1490. The third kappa shape index (κ3) is 6.58. The number of nitrogens with one attached hydrogen (secondary N) is 2. The van der Waals surface area contributed by atoms with Gasteiger partial charge in [0.05, 0.1) is 10.5 Å². The Hall–Kier alpha value is -3.58. The van der Waals surface area contributed by atoms with E-state index in [1.165, 1.54) is 39.9 Å². The van der Waals surface area contributed by atoms with Crippen LogP contribution in [0.5, 0.6) is 0 Å². The monoisotopic (exact) mass is 583 g/mol. The number of hydrogen-bond donors (Lipinski definition) is 3. The van der Waals surface area contributed by atoms with Gasteiger partial charge >= 0.3 is 6.03 Å². The molecular formula is C28H33N5O5S2. The van der Waals surface area contributed by atoms with Gasteiger partial charge in [-0.05, 0) is 54.8 Å². The number of nitrogens with two attached hydrogens (primary N) is 1. The molecule has 1 aromatic heterocycles. The van der Waals surface area contributed by atoms with Gasteiger partial charge in [-0.2, -0.15) is 4.31 Å². The number of benzene rings is 2. The summed E-state index contributed by atoms with van der Waals surface area (Å²) in [5.74, 6) is -1.17. The van der Waals surface area contributed by atoms with E-state index in [0.29, 0.717) is 18.0 Å². The van der Waals surface area contributed by atoms with Gasteiger partial charge in [0.25, 0.3) is 11.8 Å². The van der Waals surface area contributed by atoms with Crippen LogP contribution in [0.1, 0.15) is 57.0 Å². The number of urea groups is 1. The molecule has 4 N–H and O–H groups in total. The third-order valence-electron chi connectivity index (χ3n) is 6.68. The van der Waals surface area contributed by atoms with Crippen LogP contribution in [-0.2, 0) is 29.5 Å². The molecule has 1 aliphatic rings. The highest BCUT2D eigenvalue weighted by atomic mass is 32.2. The number of fused-ring (bicyclic) bond motifs is 1. The lowest BCUT2D eigenvalue weighted by molar-refractivity contribution is 0.0965. The summed E-state index contributed by atoms with van der Waals surface area (Å²) in [7, 11) is -3.79. The predicted octanol–water partition coefficient (Wildman–Crippen LogP) is 3.79. The van der Waals surface area contributed by atoms with E-state index in [1.807, 2.05) is 30.3 Å². The van der Waals surface area contributed by atoms with Gasteiger partial charge in [0, 0.05) is 36.6 Å². The first-order valence-electron chi connectivity index (χ1n) is 13.1. The minimum Gasteiger partial charge on any atom is -0.351 e. The van der Waals surface area contributed by atoms with Gasteiger partial charge in [0.1, 0.15) is 5.00 Å². The Kier molecular flexibility index (Phi) is 9.36. The molecule has 0 atom stereocenters. The molecule has 40 heavy (non-hydrogen) atoms. The molecule has 4 amide bonds. The maximum Gasteiger partial charge on any atom is 0.319 e. The SMILES string of the molecule is CCCN1CCc2c(sc(NC(=O)c3ccc(S(=O)(=O)N(CC)Cc4ccccc4)cc3)c2C(=O)NC(N)=O)C1. The first-order chi connectivity index (χ1) is 19.1. The molecule has 0 aliphatic carbocycles. The summed E-state index contributed by atoms with van der Waals surface area (Å²) in [6, 6.07) is 14.0. The molecule has 0 spiro atoms. The number of thiophene rings is 1. The number of amides is 4. The molecule has 3 aromatic rings. The molecule has 212 valence electrons. The maximum absolute atomic E-state index is 13.3. The van der Waals surface area contributed by atoms with Gasteiger partial charge in [-0.25, -0.2) is 13.2 Å². The average Bonchev–Trinajstić information content (AvgIpc) is 3.29. The van der Waals surface area contributed by atoms with E-state index in [9.17, 15) is 22.8 Å². The maximum atomic E-state index is 13.3. The van der Waals surface area contributed by atoms with E-state index in [1.54, 1.807) is 6.92 Å². The molecule has 0 bridgehead atoms. The number of carbonyl (C=O) groups excluding carboxylic acids is 3. The van der Waals surface area contributed by atoms with Crippen LogP contribution < -0.4 is 16.4 Å². The van der Waals surface area contributed by atoms with E-state index in [2.05, 4.69) is 22.5 Å². The summed E-state index contributed by atoms with van der Waals surface area (Å²) >= 11 is 1.30. The summed E-state index contributed by atoms with van der Waals surface area (Å²) in [5.41, 5.74) is 7.32. The summed E-state index contributed by atoms with van der Waals surface area (Å²) < 4.78 is 27.9. The molecule has 1 aliphatic heterocycles. The fraction of sp³-hybridized carbons (Fsp3) is 0.321. The van der Waals surface area contributed by atoms with Crippen LogP contribution in [0.15, 0.2) is 59.5 Å². The van der Waals surface area contributed by atoms with Crippen molar-refractivity contribution in [3.05, 3.63) is 81.7 Å². The van der Waals surface area contributed by atoms with Crippen LogP contribution in [0.4, 0.5) is 9.80 Å². The van der Waals surface area contributed by atoms with Crippen LogP contribution in [0.2, 0.25) is 0 Å². The van der Waals surface area contributed by atoms with Gasteiger partial charge in [0.15, 0.2) is 0 Å². The number of rotatable bonds is 10. The smallest absolute Gasteiger partial charge is 0.319 e. The van der Waals surface area contributed by atoms with Crippen molar-refractivity contribution >= 4 is 44.2 Å². The number of primary amides is 1. The molecule has 0 saturated heterocycles. The zero-order valence-electron chi connectivity index (χ0n) is 22.5. The number of sulfonamides is 1. The molecule has 0 fully saturated rings. The number of imide groups is 1. The highest BCUT2D eigenvalue weighted by Gasteiger charge is 2.29. The second-order valence-corrected chi connectivity index (χ2v) is 12.5. The summed E-state index contributed by atoms with van der Waals surface area (Å²) in [4.78, 5) is 40.7. The average molecular weight is 584 g/mol. The van der Waals surface area contributed by atoms with Crippen LogP contribution in [0.3, 0.4) is 0 Å². The van der Waals surface area contributed by atoms with Crippen LogP contribution >= 0.6 is 11.3 Å². The van der Waals surface area contributed by atoms with E-state index >= 15 is 0 Å². The van der Waals surface area contributed by atoms with Gasteiger partial charge in [-0.3, -0.25) is 19.8 Å². The van der Waals surface area contributed by atoms with Crippen molar-refractivity contribution in [1.82, 2.24) is 14.5 Å². The number of nitrogens with zero attached hydrogens (tertiary/aromatic N) is 2. The molecule has 0 unspecified atom stereocenters. The van der Waals surface area contributed by atoms with Crippen molar-refractivity contribution in [2.75, 3.05) is 25.0 Å². The van der Waals surface area contributed by atoms with Gasteiger partial charge in [0.2, 0.25) is 10.0 Å². The second-order valence-electron chi connectivity index (χ2n) is 9.45. The second kappa shape index (κ2) is 12.7. The number of carbonyl (C=O) groups is 3. The molecule has 4 rings (SSSR count). The first kappa shape index (κ1) is 29.4. The number of hydrogen-bond acceptors (Lipinski definition) is 7. The molecule has 0 radical (unpaired) electrons. The van der Waals surface area contributed by atoms with Crippen molar-refractivity contribution < 1.29 is 22.8 Å². The summed E-state index contributed by atoms with van der Waals surface area (Å²) in [6.45, 7) is 6.71.